The summed E-state index contributed by atoms with van der Waals surface area (Å²) in [6.07, 6.45) is 1.30. The first-order valence-electron chi connectivity index (χ1n) is 7.98. The van der Waals surface area contributed by atoms with Crippen LogP contribution in [-0.2, 0) is 13.7 Å². The number of halogens is 1. The molecule has 0 fully saturated rings. The first kappa shape index (κ1) is 18.5. The molecule has 138 valence electrons. The summed E-state index contributed by atoms with van der Waals surface area (Å²) < 4.78 is 6.86. The molecule has 0 bridgehead atoms. The lowest BCUT2D eigenvalue weighted by Gasteiger charge is -2.09. The average molecular weight is 386 g/mol. The van der Waals surface area contributed by atoms with Crippen LogP contribution < -0.4 is 10.1 Å². The van der Waals surface area contributed by atoms with Crippen molar-refractivity contribution in [2.75, 3.05) is 5.32 Å². The minimum atomic E-state index is -1.17. The molecule has 27 heavy (non-hydrogen) atoms. The Morgan fingerprint density at radius 2 is 2.00 bits per heavy atom. The number of rotatable bonds is 6. The number of aryl methyl sites for hydroxylation is 1. The zero-order valence-corrected chi connectivity index (χ0v) is 15.1. The quantitative estimate of drug-likeness (QED) is 0.676. The number of anilines is 1. The zero-order valence-electron chi connectivity index (χ0n) is 14.3. The van der Waals surface area contributed by atoms with Crippen molar-refractivity contribution in [2.45, 2.75) is 6.61 Å². The Morgan fingerprint density at radius 1 is 1.22 bits per heavy atom. The van der Waals surface area contributed by atoms with E-state index in [9.17, 15) is 14.7 Å². The van der Waals surface area contributed by atoms with Crippen molar-refractivity contribution in [3.63, 3.8) is 0 Å². The molecule has 1 heterocycles. The largest absolute Gasteiger partial charge is 0.487 e. The molecule has 3 aromatic rings. The molecule has 2 aromatic carbocycles. The Morgan fingerprint density at radius 3 is 2.74 bits per heavy atom. The number of aromatic carboxylic acids is 1. The lowest BCUT2D eigenvalue weighted by Crippen LogP contribution is -2.15. The molecule has 0 unspecified atom stereocenters. The molecule has 0 aliphatic carbocycles. The number of benzene rings is 2. The number of aromatic nitrogens is 2. The number of carbonyl (C=O) groups is 2. The highest BCUT2D eigenvalue weighted by molar-refractivity contribution is 6.32. The summed E-state index contributed by atoms with van der Waals surface area (Å²) in [5.41, 5.74) is 1.18. The molecule has 2 N–H and O–H groups in total. The molecule has 8 heteroatoms. The summed E-state index contributed by atoms with van der Waals surface area (Å²) in [7, 11) is 1.49. The van der Waals surface area contributed by atoms with E-state index in [0.717, 1.165) is 5.56 Å². The molecule has 0 atom stereocenters. The van der Waals surface area contributed by atoms with Gasteiger partial charge >= 0.3 is 5.97 Å². The number of hydrogen-bond acceptors (Lipinski definition) is 4. The van der Waals surface area contributed by atoms with E-state index in [1.807, 2.05) is 18.2 Å². The first-order valence-corrected chi connectivity index (χ1v) is 8.36. The van der Waals surface area contributed by atoms with Crippen LogP contribution in [0, 0.1) is 0 Å². The number of carboxylic acids is 1. The molecule has 0 saturated carbocycles. The van der Waals surface area contributed by atoms with Gasteiger partial charge in [0.2, 0.25) is 0 Å². The van der Waals surface area contributed by atoms with Gasteiger partial charge in [0, 0.05) is 12.6 Å². The third-order valence-electron chi connectivity index (χ3n) is 3.81. The number of nitrogens with one attached hydrogen (secondary N) is 1. The summed E-state index contributed by atoms with van der Waals surface area (Å²) in [6.45, 7) is 0.234. The fraction of sp³-hybridized carbons (Fsp3) is 0.105. The van der Waals surface area contributed by atoms with Crippen LogP contribution in [0.15, 0.2) is 54.7 Å². The van der Waals surface area contributed by atoms with Crippen LogP contribution in [0.4, 0.5) is 5.69 Å². The van der Waals surface area contributed by atoms with Gasteiger partial charge in [-0.05, 0) is 29.8 Å². The number of carboxylic acid groups (broad SMARTS) is 1. The van der Waals surface area contributed by atoms with Crippen molar-refractivity contribution in [3.8, 4) is 5.75 Å². The average Bonchev–Trinajstić information content (AvgIpc) is 3.01. The maximum Gasteiger partial charge on any atom is 0.356 e. The van der Waals surface area contributed by atoms with E-state index in [1.165, 1.54) is 17.9 Å². The van der Waals surface area contributed by atoms with E-state index in [4.69, 9.17) is 16.3 Å². The normalized spacial score (nSPS) is 10.4. The van der Waals surface area contributed by atoms with Gasteiger partial charge in [-0.15, -0.1) is 0 Å². The second-order valence-corrected chi connectivity index (χ2v) is 6.12. The number of para-hydroxylation sites is 1. The van der Waals surface area contributed by atoms with E-state index in [0.29, 0.717) is 16.3 Å². The van der Waals surface area contributed by atoms with Crippen molar-refractivity contribution in [1.29, 1.82) is 0 Å². The number of carbonyl (C=O) groups excluding carboxylic acids is 1. The maximum atomic E-state index is 12.5. The third-order valence-corrected chi connectivity index (χ3v) is 4.12. The van der Waals surface area contributed by atoms with Crippen molar-refractivity contribution in [2.24, 2.45) is 7.05 Å². The molecule has 0 spiro atoms. The third kappa shape index (κ3) is 4.27. The molecule has 0 radical (unpaired) electrons. The van der Waals surface area contributed by atoms with Gasteiger partial charge in [0.25, 0.3) is 5.91 Å². The van der Waals surface area contributed by atoms with Gasteiger partial charge in [-0.3, -0.25) is 9.48 Å². The van der Waals surface area contributed by atoms with Crippen LogP contribution in [0.2, 0.25) is 5.02 Å². The second kappa shape index (κ2) is 7.92. The predicted molar refractivity (Wildman–Crippen MR) is 100 cm³/mol. The number of hydrogen-bond donors (Lipinski definition) is 2. The Balaban J connectivity index is 1.72. The van der Waals surface area contributed by atoms with Gasteiger partial charge in [-0.1, -0.05) is 35.9 Å². The van der Waals surface area contributed by atoms with Crippen LogP contribution in [0.1, 0.15) is 26.4 Å². The van der Waals surface area contributed by atoms with E-state index in [2.05, 4.69) is 10.4 Å². The van der Waals surface area contributed by atoms with Gasteiger partial charge in [0.1, 0.15) is 12.4 Å². The van der Waals surface area contributed by atoms with Crippen molar-refractivity contribution in [3.05, 3.63) is 76.6 Å². The predicted octanol–water partition coefficient (Wildman–Crippen LogP) is 3.60. The van der Waals surface area contributed by atoms with E-state index < -0.39 is 11.9 Å². The maximum absolute atomic E-state index is 12.5. The summed E-state index contributed by atoms with van der Waals surface area (Å²) in [5.74, 6) is -1.06. The molecule has 3 rings (SSSR count). The van der Waals surface area contributed by atoms with Crippen LogP contribution in [0.25, 0.3) is 0 Å². The first-order chi connectivity index (χ1) is 13.0. The lowest BCUT2D eigenvalue weighted by atomic mass is 10.1. The number of ether oxygens (including phenoxy) is 1. The highest BCUT2D eigenvalue weighted by Crippen LogP contribution is 2.24. The molecule has 0 saturated heterocycles. The Bertz CT molecular complexity index is 1000. The Kier molecular flexibility index (Phi) is 5.42. The van der Waals surface area contributed by atoms with Gasteiger partial charge < -0.3 is 15.2 Å². The highest BCUT2D eigenvalue weighted by atomic mass is 35.5. The standard InChI is InChI=1S/C19H16ClN3O4/c1-23-17(19(25)26)15(10-21-23)22-18(24)13-6-4-5-12(9-13)11-27-16-8-3-2-7-14(16)20/h2-10H,11H2,1H3,(H,22,24)(H,25,26). The summed E-state index contributed by atoms with van der Waals surface area (Å²) >= 11 is 6.06. The minimum absolute atomic E-state index is 0.0958. The molecule has 0 aliphatic rings. The van der Waals surface area contributed by atoms with Gasteiger partial charge in [-0.2, -0.15) is 5.10 Å². The monoisotopic (exact) mass is 385 g/mol. The second-order valence-electron chi connectivity index (χ2n) is 5.71. The van der Waals surface area contributed by atoms with E-state index in [-0.39, 0.29) is 18.0 Å². The molecule has 1 amide bonds. The summed E-state index contributed by atoms with van der Waals surface area (Å²) in [4.78, 5) is 23.8. The van der Waals surface area contributed by atoms with Gasteiger partial charge in [-0.25, -0.2) is 4.79 Å². The summed E-state index contributed by atoms with van der Waals surface area (Å²) in [6, 6.07) is 14.0. The van der Waals surface area contributed by atoms with Gasteiger partial charge in [0.05, 0.1) is 16.9 Å². The smallest absolute Gasteiger partial charge is 0.356 e. The Labute approximate surface area is 160 Å². The van der Waals surface area contributed by atoms with Crippen LogP contribution in [0.3, 0.4) is 0 Å². The van der Waals surface area contributed by atoms with Crippen molar-refractivity contribution < 1.29 is 19.4 Å². The zero-order chi connectivity index (χ0) is 19.4. The Hall–Kier alpha value is -3.32. The molecule has 1 aromatic heterocycles. The fourth-order valence-electron chi connectivity index (χ4n) is 2.50. The van der Waals surface area contributed by atoms with Crippen molar-refractivity contribution in [1.82, 2.24) is 9.78 Å². The van der Waals surface area contributed by atoms with E-state index in [1.54, 1.807) is 30.3 Å². The molecule has 0 aliphatic heterocycles. The minimum Gasteiger partial charge on any atom is -0.487 e. The van der Waals surface area contributed by atoms with Gasteiger partial charge in [0.15, 0.2) is 5.69 Å². The molecular weight excluding hydrogens is 370 g/mol. The fourth-order valence-corrected chi connectivity index (χ4v) is 2.69. The molecular formula is C19H16ClN3O4. The van der Waals surface area contributed by atoms with Crippen LogP contribution in [-0.4, -0.2) is 26.8 Å². The number of nitrogens with zero attached hydrogens (tertiary/aromatic N) is 2. The van der Waals surface area contributed by atoms with E-state index >= 15 is 0 Å². The highest BCUT2D eigenvalue weighted by Gasteiger charge is 2.18. The SMILES string of the molecule is Cn1ncc(NC(=O)c2cccc(COc3ccccc3Cl)c2)c1C(=O)O. The topological polar surface area (TPSA) is 93.5 Å². The van der Waals surface area contributed by atoms with Crippen LogP contribution >= 0.6 is 11.6 Å². The lowest BCUT2D eigenvalue weighted by molar-refractivity contribution is 0.0686. The van der Waals surface area contributed by atoms with Crippen molar-refractivity contribution >= 4 is 29.2 Å². The molecule has 7 nitrogen and oxygen atoms in total. The number of amides is 1. The summed E-state index contributed by atoms with van der Waals surface area (Å²) in [5, 5.41) is 16.2. The van der Waals surface area contributed by atoms with Crippen LogP contribution in [0.5, 0.6) is 5.75 Å².